The van der Waals surface area contributed by atoms with Crippen molar-refractivity contribution in [2.75, 3.05) is 16.4 Å². The van der Waals surface area contributed by atoms with Crippen molar-refractivity contribution in [1.82, 2.24) is 9.97 Å². The molecule has 0 saturated heterocycles. The van der Waals surface area contributed by atoms with Gasteiger partial charge in [-0.3, -0.25) is 9.59 Å². The van der Waals surface area contributed by atoms with Crippen molar-refractivity contribution in [2.45, 2.75) is 4.90 Å². The number of aromatic nitrogens is 2. The first-order chi connectivity index (χ1) is 19.7. The molecule has 4 N–H and O–H groups in total. The van der Waals surface area contributed by atoms with Crippen molar-refractivity contribution in [3.05, 3.63) is 120 Å². The minimum atomic E-state index is -5.06. The van der Waals surface area contributed by atoms with Gasteiger partial charge in [0.05, 0.1) is 27.4 Å². The van der Waals surface area contributed by atoms with Gasteiger partial charge in [-0.15, -0.1) is 0 Å². The second kappa shape index (κ2) is 9.97. The summed E-state index contributed by atoms with van der Waals surface area (Å²) in [6.07, 6.45) is 3.29. The molecule has 5 aromatic rings. The Balaban J connectivity index is 1.33. The molecule has 202 valence electrons. The minimum absolute atomic E-state index is 0.0113. The number of hydrogen-bond donors (Lipinski definition) is 3. The number of ketones is 2. The third-order valence-electron chi connectivity index (χ3n) is 6.67. The summed E-state index contributed by atoms with van der Waals surface area (Å²) in [5.74, 6) is -0.657. The van der Waals surface area contributed by atoms with Gasteiger partial charge in [-0.05, 0) is 47.5 Å². The zero-order chi connectivity index (χ0) is 28.7. The fourth-order valence-electron chi connectivity index (χ4n) is 4.74. The lowest BCUT2D eigenvalue weighted by Crippen LogP contribution is -2.25. The number of nitrogens with zero attached hydrogens (tertiary/aromatic N) is 2. The number of fused-ring (bicyclic) bond motifs is 2. The highest BCUT2D eigenvalue weighted by atomic mass is 32.2. The maximum Gasteiger partial charge on any atom is 0.227 e. The topological polar surface area (TPSA) is 167 Å². The molecule has 11 heteroatoms. The van der Waals surface area contributed by atoms with Crippen LogP contribution in [0.5, 0.6) is 0 Å². The van der Waals surface area contributed by atoms with E-state index in [0.717, 1.165) is 22.9 Å². The third-order valence-corrected chi connectivity index (χ3v) is 7.55. The van der Waals surface area contributed by atoms with Gasteiger partial charge < -0.3 is 20.9 Å². The Kier molecular flexibility index (Phi) is 6.29. The van der Waals surface area contributed by atoms with Crippen LogP contribution in [0.1, 0.15) is 31.8 Å². The number of nitrogen functional groups attached to an aromatic ring is 1. The number of anilines is 5. The summed E-state index contributed by atoms with van der Waals surface area (Å²) >= 11 is 0. The van der Waals surface area contributed by atoms with E-state index in [9.17, 15) is 22.6 Å². The molecule has 0 unspecified atom stereocenters. The summed E-state index contributed by atoms with van der Waals surface area (Å²) in [6.45, 7) is 0. The van der Waals surface area contributed by atoms with E-state index in [4.69, 9.17) is 5.73 Å². The van der Waals surface area contributed by atoms with E-state index in [-0.39, 0.29) is 27.9 Å². The van der Waals surface area contributed by atoms with Crippen LogP contribution in [0.15, 0.2) is 102 Å². The van der Waals surface area contributed by atoms with Crippen LogP contribution >= 0.6 is 0 Å². The molecule has 0 bridgehead atoms. The van der Waals surface area contributed by atoms with Crippen molar-refractivity contribution in [3.63, 3.8) is 0 Å². The van der Waals surface area contributed by atoms with Crippen molar-refractivity contribution in [2.24, 2.45) is 0 Å². The van der Waals surface area contributed by atoms with E-state index in [1.165, 1.54) is 12.1 Å². The number of carbonyl (C=O) groups excluding carboxylic acids is 2. The van der Waals surface area contributed by atoms with Crippen molar-refractivity contribution in [3.8, 4) is 11.1 Å². The van der Waals surface area contributed by atoms with Crippen LogP contribution in [0.25, 0.3) is 11.1 Å². The highest BCUT2D eigenvalue weighted by molar-refractivity contribution is 7.86. The van der Waals surface area contributed by atoms with E-state index in [2.05, 4.69) is 20.6 Å². The first kappa shape index (κ1) is 25.9. The third kappa shape index (κ3) is 4.80. The number of rotatable bonds is 6. The fourth-order valence-corrected chi connectivity index (χ4v) is 5.37. The van der Waals surface area contributed by atoms with Crippen molar-refractivity contribution < 1.29 is 22.6 Å². The molecule has 0 fully saturated rings. The molecule has 0 amide bonds. The molecule has 41 heavy (non-hydrogen) atoms. The van der Waals surface area contributed by atoms with Crippen LogP contribution in [-0.4, -0.2) is 34.5 Å². The molecule has 1 aliphatic rings. The monoisotopic (exact) mass is 562 g/mol. The Hall–Kier alpha value is -5.39. The second-order valence-corrected chi connectivity index (χ2v) is 10.6. The fraction of sp³-hybridized carbons (Fsp3) is 0. The number of nitrogens with one attached hydrogen (secondary N) is 2. The van der Waals surface area contributed by atoms with Gasteiger partial charge in [0.2, 0.25) is 5.95 Å². The van der Waals surface area contributed by atoms with Crippen LogP contribution in [0.2, 0.25) is 0 Å². The molecular formula is C30H20N5O5S-. The first-order valence-electron chi connectivity index (χ1n) is 12.3. The Bertz CT molecular complexity index is 1940. The van der Waals surface area contributed by atoms with Gasteiger partial charge in [0.25, 0.3) is 0 Å². The Morgan fingerprint density at radius 2 is 1.20 bits per heavy atom. The summed E-state index contributed by atoms with van der Waals surface area (Å²) < 4.78 is 36.1. The molecule has 0 spiro atoms. The van der Waals surface area contributed by atoms with Gasteiger partial charge in [0, 0.05) is 34.9 Å². The molecule has 4 aromatic carbocycles. The van der Waals surface area contributed by atoms with Crippen LogP contribution in [-0.2, 0) is 10.1 Å². The zero-order valence-corrected chi connectivity index (χ0v) is 22.0. The van der Waals surface area contributed by atoms with Gasteiger partial charge >= 0.3 is 0 Å². The quantitative estimate of drug-likeness (QED) is 0.188. The lowest BCUT2D eigenvalue weighted by molar-refractivity contribution is 0.0980. The van der Waals surface area contributed by atoms with Crippen LogP contribution in [0.4, 0.5) is 28.7 Å². The highest BCUT2D eigenvalue weighted by Gasteiger charge is 2.35. The highest BCUT2D eigenvalue weighted by Crippen LogP contribution is 2.40. The average molecular weight is 563 g/mol. The number of hydrogen-bond acceptors (Lipinski definition) is 10. The molecular weight excluding hydrogens is 542 g/mol. The summed E-state index contributed by atoms with van der Waals surface area (Å²) in [6, 6.07) is 23.7. The summed E-state index contributed by atoms with van der Waals surface area (Å²) in [7, 11) is -5.06. The largest absolute Gasteiger partial charge is 0.744 e. The van der Waals surface area contributed by atoms with Crippen LogP contribution in [0, 0.1) is 0 Å². The normalized spacial score (nSPS) is 12.4. The van der Waals surface area contributed by atoms with E-state index in [1.807, 2.05) is 36.4 Å². The molecule has 1 aliphatic carbocycles. The van der Waals surface area contributed by atoms with Gasteiger partial charge in [0.1, 0.15) is 10.1 Å². The predicted molar refractivity (Wildman–Crippen MR) is 153 cm³/mol. The van der Waals surface area contributed by atoms with Crippen molar-refractivity contribution in [1.29, 1.82) is 0 Å². The summed E-state index contributed by atoms with van der Waals surface area (Å²) in [5, 5.41) is 6.13. The van der Waals surface area contributed by atoms with E-state index < -0.39 is 32.3 Å². The van der Waals surface area contributed by atoms with Gasteiger partial charge in [-0.1, -0.05) is 48.5 Å². The molecule has 1 heterocycles. The lowest BCUT2D eigenvalue weighted by atomic mass is 9.82. The zero-order valence-electron chi connectivity index (χ0n) is 21.2. The summed E-state index contributed by atoms with van der Waals surface area (Å²) in [4.78, 5) is 34.3. The Morgan fingerprint density at radius 1 is 0.683 bits per heavy atom. The summed E-state index contributed by atoms with van der Waals surface area (Å²) in [5.41, 5.74) is 8.44. The second-order valence-electron chi connectivity index (χ2n) is 9.22. The molecule has 0 saturated carbocycles. The molecule has 6 rings (SSSR count). The average Bonchev–Trinajstić information content (AvgIpc) is 2.97. The number of nitrogens with two attached hydrogens (primary N) is 1. The van der Waals surface area contributed by atoms with Gasteiger partial charge in [-0.2, -0.15) is 0 Å². The first-order valence-corrected chi connectivity index (χ1v) is 13.7. The molecule has 0 radical (unpaired) electrons. The van der Waals surface area contributed by atoms with E-state index in [1.54, 1.807) is 42.7 Å². The minimum Gasteiger partial charge on any atom is -0.744 e. The SMILES string of the molecule is Nc1c(S(=O)(=O)[O-])cc(Nc2ccc(-c3ccc(Nc4ncccn4)cc3)cc2)c2c1C(=O)c1ccccc1C2=O. The molecule has 0 aliphatic heterocycles. The predicted octanol–water partition coefficient (Wildman–Crippen LogP) is 4.89. The molecule has 10 nitrogen and oxygen atoms in total. The van der Waals surface area contributed by atoms with Crippen LogP contribution < -0.4 is 16.4 Å². The Morgan fingerprint density at radius 3 is 1.73 bits per heavy atom. The Labute approximate surface area is 234 Å². The maximum atomic E-state index is 13.5. The number of carbonyl (C=O) groups is 2. The van der Waals surface area contributed by atoms with Gasteiger partial charge in [0.15, 0.2) is 11.6 Å². The molecule has 0 atom stereocenters. The lowest BCUT2D eigenvalue weighted by Gasteiger charge is -2.25. The van der Waals surface area contributed by atoms with E-state index in [0.29, 0.717) is 11.6 Å². The smallest absolute Gasteiger partial charge is 0.227 e. The van der Waals surface area contributed by atoms with Crippen LogP contribution in [0.3, 0.4) is 0 Å². The van der Waals surface area contributed by atoms with E-state index >= 15 is 0 Å². The van der Waals surface area contributed by atoms with Gasteiger partial charge in [-0.25, -0.2) is 18.4 Å². The maximum absolute atomic E-state index is 13.5. The number of benzene rings is 4. The standard InChI is InChI=1S/C30H21N5O5S/c31-27-24(41(38,39)40)16-23(25-26(27)29(37)22-5-2-1-4-21(22)28(25)36)34-19-10-6-17(7-11-19)18-8-12-20(13-9-18)35-30-32-14-3-15-33-30/h1-16,34H,31H2,(H,32,33,35)(H,38,39,40)/p-1. The molecule has 1 aromatic heterocycles. The van der Waals surface area contributed by atoms with Crippen molar-refractivity contribution >= 4 is 50.4 Å².